The Bertz CT molecular complexity index is 653. The summed E-state index contributed by atoms with van der Waals surface area (Å²) in [5.74, 6) is -0.0633. The first-order chi connectivity index (χ1) is 8.68. The summed E-state index contributed by atoms with van der Waals surface area (Å²) in [7, 11) is 0. The van der Waals surface area contributed by atoms with Gasteiger partial charge >= 0.3 is 0 Å². The highest BCUT2D eigenvalue weighted by Gasteiger charge is 2.23. The van der Waals surface area contributed by atoms with Crippen LogP contribution in [0.15, 0.2) is 36.4 Å². The summed E-state index contributed by atoms with van der Waals surface area (Å²) in [6.45, 7) is 0. The lowest BCUT2D eigenvalue weighted by molar-refractivity contribution is 0.461. The minimum Gasteiger partial charge on any atom is -0.507 e. The average molecular weight is 241 g/mol. The van der Waals surface area contributed by atoms with Crippen molar-refractivity contribution in [2.45, 2.75) is 0 Å². The van der Waals surface area contributed by atoms with Gasteiger partial charge in [0, 0.05) is 5.56 Å². The molecule has 0 saturated heterocycles. The van der Waals surface area contributed by atoms with E-state index in [1.165, 1.54) is 12.1 Å². The van der Waals surface area contributed by atoms with E-state index >= 15 is 0 Å². The summed E-state index contributed by atoms with van der Waals surface area (Å²) in [6, 6.07) is 10.0. The van der Waals surface area contributed by atoms with Gasteiger partial charge in [0.1, 0.15) is 17.2 Å². The predicted octanol–water partition coefficient (Wildman–Crippen LogP) is 2.27. The molecule has 5 nitrogen and oxygen atoms in total. The van der Waals surface area contributed by atoms with Crippen LogP contribution in [0.1, 0.15) is 11.1 Å². The third kappa shape index (κ3) is 1.37. The summed E-state index contributed by atoms with van der Waals surface area (Å²) < 4.78 is 0. The number of para-hydroxylation sites is 1. The molecule has 2 aromatic rings. The first kappa shape index (κ1) is 10.5. The van der Waals surface area contributed by atoms with Crippen molar-refractivity contribution in [3.63, 3.8) is 0 Å². The van der Waals surface area contributed by atoms with Gasteiger partial charge in [0.05, 0.1) is 17.0 Å². The van der Waals surface area contributed by atoms with Crippen LogP contribution in [0.3, 0.4) is 0 Å². The lowest BCUT2D eigenvalue weighted by Gasteiger charge is -2.11. The molecule has 1 aliphatic heterocycles. The number of benzene rings is 2. The summed E-state index contributed by atoms with van der Waals surface area (Å²) in [5.41, 5.74) is 7.86. The molecule has 0 bridgehead atoms. The van der Waals surface area contributed by atoms with Crippen molar-refractivity contribution in [2.75, 3.05) is 10.9 Å². The van der Waals surface area contributed by atoms with Crippen LogP contribution in [0.5, 0.6) is 11.5 Å². The molecule has 18 heavy (non-hydrogen) atoms. The second-order valence-corrected chi connectivity index (χ2v) is 4.02. The Morgan fingerprint density at radius 2 is 1.61 bits per heavy atom. The number of phenols is 2. The van der Waals surface area contributed by atoms with Gasteiger partial charge in [-0.2, -0.15) is 0 Å². The lowest BCUT2D eigenvalue weighted by Crippen LogP contribution is -2.08. The summed E-state index contributed by atoms with van der Waals surface area (Å²) >= 11 is 0. The van der Waals surface area contributed by atoms with Crippen LogP contribution >= 0.6 is 0 Å². The number of fused-ring (bicyclic) bond motifs is 2. The van der Waals surface area contributed by atoms with Crippen LogP contribution < -0.4 is 10.9 Å². The highest BCUT2D eigenvalue weighted by atomic mass is 16.3. The van der Waals surface area contributed by atoms with Crippen molar-refractivity contribution >= 4 is 17.1 Å². The number of anilines is 2. The van der Waals surface area contributed by atoms with Crippen LogP contribution in [0.4, 0.5) is 11.4 Å². The van der Waals surface area contributed by atoms with E-state index in [1.54, 1.807) is 6.07 Å². The minimum atomic E-state index is -0.0428. The lowest BCUT2D eigenvalue weighted by atomic mass is 9.99. The maximum Gasteiger partial charge on any atom is 0.141 e. The fourth-order valence-electron chi connectivity index (χ4n) is 2.03. The normalized spacial score (nSPS) is 12.8. The van der Waals surface area contributed by atoms with Gasteiger partial charge in [-0.3, -0.25) is 10.8 Å². The average Bonchev–Trinajstić information content (AvgIpc) is 2.53. The maximum absolute atomic E-state index is 9.88. The summed E-state index contributed by atoms with van der Waals surface area (Å²) in [4.78, 5) is 0. The highest BCUT2D eigenvalue weighted by Crippen LogP contribution is 2.38. The maximum atomic E-state index is 9.88. The quantitative estimate of drug-likeness (QED) is 0.361. The van der Waals surface area contributed by atoms with Gasteiger partial charge in [-0.05, 0) is 18.2 Å². The molecule has 0 fully saturated rings. The smallest absolute Gasteiger partial charge is 0.141 e. The van der Waals surface area contributed by atoms with Crippen molar-refractivity contribution < 1.29 is 10.2 Å². The van der Waals surface area contributed by atoms with Crippen LogP contribution in [-0.4, -0.2) is 15.9 Å². The van der Waals surface area contributed by atoms with Crippen molar-refractivity contribution in [2.24, 2.45) is 0 Å². The second-order valence-electron chi connectivity index (χ2n) is 4.02. The third-order valence-corrected chi connectivity index (χ3v) is 2.93. The number of aromatic hydroxyl groups is 2. The molecule has 1 heterocycles. The van der Waals surface area contributed by atoms with Crippen LogP contribution in [0, 0.1) is 5.41 Å². The molecule has 90 valence electrons. The van der Waals surface area contributed by atoms with Crippen LogP contribution in [-0.2, 0) is 0 Å². The van der Waals surface area contributed by atoms with Gasteiger partial charge in [0.2, 0.25) is 0 Å². The van der Waals surface area contributed by atoms with E-state index in [0.717, 1.165) is 5.69 Å². The van der Waals surface area contributed by atoms with Gasteiger partial charge in [0.15, 0.2) is 0 Å². The minimum absolute atomic E-state index is 0.0205. The third-order valence-electron chi connectivity index (χ3n) is 2.93. The molecule has 0 spiro atoms. The molecular weight excluding hydrogens is 230 g/mol. The van der Waals surface area contributed by atoms with Crippen LogP contribution in [0.25, 0.3) is 0 Å². The molecule has 5 N–H and O–H groups in total. The Balaban J connectivity index is 2.29. The molecule has 0 saturated carbocycles. The topological polar surface area (TPSA) is 88.4 Å². The van der Waals surface area contributed by atoms with E-state index in [1.807, 2.05) is 18.2 Å². The summed E-state index contributed by atoms with van der Waals surface area (Å²) in [6.07, 6.45) is 0. The molecule has 0 amide bonds. The van der Waals surface area contributed by atoms with E-state index in [4.69, 9.17) is 5.41 Å². The fraction of sp³-hybridized carbons (Fsp3) is 0. The van der Waals surface area contributed by atoms with Gasteiger partial charge in [-0.25, -0.2) is 0 Å². The van der Waals surface area contributed by atoms with Gasteiger partial charge in [-0.1, -0.05) is 18.2 Å². The molecule has 2 aromatic carbocycles. The largest absolute Gasteiger partial charge is 0.507 e. The summed E-state index contributed by atoms with van der Waals surface area (Å²) in [5, 5.41) is 27.9. The monoisotopic (exact) mass is 241 g/mol. The highest BCUT2D eigenvalue weighted by molar-refractivity contribution is 6.20. The molecule has 0 aromatic heterocycles. The SMILES string of the molecule is N=C1c2ccccc2NNc2c(O)ccc(O)c21. The molecule has 5 heteroatoms. The zero-order valence-electron chi connectivity index (χ0n) is 9.36. The number of rotatable bonds is 0. The van der Waals surface area contributed by atoms with Gasteiger partial charge < -0.3 is 15.6 Å². The van der Waals surface area contributed by atoms with Crippen molar-refractivity contribution in [1.82, 2.24) is 0 Å². The first-order valence-electron chi connectivity index (χ1n) is 5.44. The Kier molecular flexibility index (Phi) is 2.13. The fourth-order valence-corrected chi connectivity index (χ4v) is 2.03. The predicted molar refractivity (Wildman–Crippen MR) is 69.4 cm³/mol. The van der Waals surface area contributed by atoms with E-state index in [2.05, 4.69) is 10.9 Å². The van der Waals surface area contributed by atoms with Crippen LogP contribution in [0.2, 0.25) is 0 Å². The second kappa shape index (κ2) is 3.66. The number of nitrogens with one attached hydrogen (secondary N) is 3. The zero-order valence-corrected chi connectivity index (χ0v) is 9.36. The Labute approximate surface area is 103 Å². The van der Waals surface area contributed by atoms with Gasteiger partial charge in [0.25, 0.3) is 0 Å². The van der Waals surface area contributed by atoms with E-state index in [-0.39, 0.29) is 22.8 Å². The number of hydrogen-bond donors (Lipinski definition) is 5. The van der Waals surface area contributed by atoms with E-state index in [9.17, 15) is 10.2 Å². The molecule has 0 unspecified atom stereocenters. The van der Waals surface area contributed by atoms with Crippen molar-refractivity contribution in [3.05, 3.63) is 47.5 Å². The van der Waals surface area contributed by atoms with Crippen molar-refractivity contribution in [3.8, 4) is 11.5 Å². The number of hydrazine groups is 1. The van der Waals surface area contributed by atoms with Gasteiger partial charge in [-0.15, -0.1) is 0 Å². The molecule has 0 aliphatic carbocycles. The molecule has 3 rings (SSSR count). The Morgan fingerprint density at radius 1 is 0.889 bits per heavy atom. The molecule has 1 aliphatic rings. The molecule has 0 atom stereocenters. The first-order valence-corrected chi connectivity index (χ1v) is 5.44. The standard InChI is InChI=1S/C13H11N3O2/c14-12-7-3-1-2-4-8(7)15-16-13-10(18)6-5-9(17)11(12)13/h1-6,14-18H. The van der Waals surface area contributed by atoms with E-state index < -0.39 is 0 Å². The Hall–Kier alpha value is -2.69. The zero-order chi connectivity index (χ0) is 12.7. The van der Waals surface area contributed by atoms with E-state index in [0.29, 0.717) is 11.3 Å². The number of phenolic OH excluding ortho intramolecular Hbond substituents is 2. The Morgan fingerprint density at radius 3 is 2.44 bits per heavy atom. The van der Waals surface area contributed by atoms with Crippen molar-refractivity contribution in [1.29, 1.82) is 5.41 Å². The molecule has 0 radical (unpaired) electrons. The number of hydrogen-bond acceptors (Lipinski definition) is 5. The molecular formula is C13H11N3O2.